The van der Waals surface area contributed by atoms with Gasteiger partial charge in [-0.3, -0.25) is 9.59 Å². The molecular weight excluding hydrogens is 264 g/mol. The molecule has 0 saturated heterocycles. The molecular formula is C17H24N2O2. The molecule has 0 bridgehead atoms. The number of aromatic nitrogens is 1. The molecule has 0 spiro atoms. The summed E-state index contributed by atoms with van der Waals surface area (Å²) in [5, 5.41) is 0. The molecule has 1 aliphatic rings. The van der Waals surface area contributed by atoms with Crippen LogP contribution in [0.5, 0.6) is 0 Å². The molecule has 1 fully saturated rings. The number of carbonyl (C=O) groups excluding carboxylic acids is 2. The first-order valence-corrected chi connectivity index (χ1v) is 7.62. The molecule has 4 nitrogen and oxygen atoms in total. The number of carbonyl (C=O) groups is 2. The van der Waals surface area contributed by atoms with Crippen molar-refractivity contribution in [3.05, 3.63) is 35.8 Å². The maximum Gasteiger partial charge on any atom is 0.168 e. The van der Waals surface area contributed by atoms with E-state index in [1.807, 2.05) is 32.4 Å². The molecule has 1 aliphatic carbocycles. The van der Waals surface area contributed by atoms with Gasteiger partial charge in [0.15, 0.2) is 11.6 Å². The Hall–Kier alpha value is -1.84. The third kappa shape index (κ3) is 3.63. The maximum atomic E-state index is 12.2. The summed E-state index contributed by atoms with van der Waals surface area (Å²) in [5.74, 6) is -0.0439. The molecule has 0 unspecified atom stereocenters. The largest absolute Gasteiger partial charge is 0.383 e. The third-order valence-electron chi connectivity index (χ3n) is 3.89. The lowest BCUT2D eigenvalue weighted by Gasteiger charge is -2.24. The van der Waals surface area contributed by atoms with E-state index in [4.69, 9.17) is 0 Å². The van der Waals surface area contributed by atoms with Gasteiger partial charge >= 0.3 is 0 Å². The molecule has 21 heavy (non-hydrogen) atoms. The summed E-state index contributed by atoms with van der Waals surface area (Å²) >= 11 is 0. The number of nitrogens with zero attached hydrogens (tertiary/aromatic N) is 2. The Morgan fingerprint density at radius 1 is 1.29 bits per heavy atom. The average Bonchev–Trinajstić information content (AvgIpc) is 2.88. The van der Waals surface area contributed by atoms with Crippen LogP contribution in [0.4, 0.5) is 0 Å². The molecule has 4 heteroatoms. The molecule has 0 aromatic carbocycles. The third-order valence-corrected chi connectivity index (χ3v) is 3.89. The van der Waals surface area contributed by atoms with Gasteiger partial charge in [-0.2, -0.15) is 0 Å². The normalized spacial score (nSPS) is 19.0. The van der Waals surface area contributed by atoms with Crippen molar-refractivity contribution in [3.63, 3.8) is 0 Å². The fraction of sp³-hybridized carbons (Fsp3) is 0.529. The summed E-state index contributed by atoms with van der Waals surface area (Å²) in [5.41, 5.74) is 1.47. The monoisotopic (exact) mass is 288 g/mol. The molecule has 114 valence electrons. The molecule has 2 rings (SSSR count). The van der Waals surface area contributed by atoms with Gasteiger partial charge in [-0.05, 0) is 18.6 Å². The Morgan fingerprint density at radius 2 is 1.95 bits per heavy atom. The molecule has 1 heterocycles. The van der Waals surface area contributed by atoms with Crippen molar-refractivity contribution in [2.24, 2.45) is 0 Å². The van der Waals surface area contributed by atoms with Crippen LogP contribution in [0, 0.1) is 0 Å². The average molecular weight is 288 g/mol. The van der Waals surface area contributed by atoms with E-state index in [-0.39, 0.29) is 17.5 Å². The van der Waals surface area contributed by atoms with E-state index in [2.05, 4.69) is 11.5 Å². The SMILES string of the molecule is CCCCn1cccc1C1CC(=O)C(=CN(C)C)C(=O)C1. The zero-order valence-electron chi connectivity index (χ0n) is 13.1. The van der Waals surface area contributed by atoms with Crippen molar-refractivity contribution in [1.29, 1.82) is 0 Å². The quantitative estimate of drug-likeness (QED) is 0.618. The van der Waals surface area contributed by atoms with Crippen molar-refractivity contribution in [2.45, 2.75) is 45.1 Å². The van der Waals surface area contributed by atoms with Crippen molar-refractivity contribution in [2.75, 3.05) is 14.1 Å². The van der Waals surface area contributed by atoms with Crippen LogP contribution in [0.2, 0.25) is 0 Å². The van der Waals surface area contributed by atoms with Crippen molar-refractivity contribution < 1.29 is 9.59 Å². The summed E-state index contributed by atoms with van der Waals surface area (Å²) in [7, 11) is 3.66. The van der Waals surface area contributed by atoms with Crippen molar-refractivity contribution >= 4 is 11.6 Å². The van der Waals surface area contributed by atoms with E-state index in [9.17, 15) is 9.59 Å². The number of hydrogen-bond acceptors (Lipinski definition) is 3. The van der Waals surface area contributed by atoms with E-state index in [0.29, 0.717) is 18.4 Å². The van der Waals surface area contributed by atoms with Crippen molar-refractivity contribution in [1.82, 2.24) is 9.47 Å². The molecule has 0 radical (unpaired) electrons. The minimum atomic E-state index is -0.0341. The first kappa shape index (κ1) is 15.5. The highest BCUT2D eigenvalue weighted by Crippen LogP contribution is 2.32. The Bertz CT molecular complexity index is 535. The minimum Gasteiger partial charge on any atom is -0.383 e. The number of unbranched alkanes of at least 4 members (excludes halogenated alkanes) is 1. The smallest absolute Gasteiger partial charge is 0.168 e. The van der Waals surface area contributed by atoms with E-state index >= 15 is 0 Å². The molecule has 1 aromatic rings. The first-order valence-electron chi connectivity index (χ1n) is 7.62. The Balaban J connectivity index is 2.16. The summed E-state index contributed by atoms with van der Waals surface area (Å²) in [6, 6.07) is 4.05. The highest BCUT2D eigenvalue weighted by molar-refractivity contribution is 6.22. The van der Waals surface area contributed by atoms with Crippen LogP contribution in [0.25, 0.3) is 0 Å². The number of Topliss-reactive ketones (excluding diaryl/α,β-unsaturated/α-hetero) is 2. The number of rotatable bonds is 5. The number of allylic oxidation sites excluding steroid dienone is 1. The highest BCUT2D eigenvalue weighted by Gasteiger charge is 2.32. The summed E-state index contributed by atoms with van der Waals surface area (Å²) < 4.78 is 2.19. The lowest BCUT2D eigenvalue weighted by Crippen LogP contribution is -2.27. The summed E-state index contributed by atoms with van der Waals surface area (Å²) in [4.78, 5) is 26.3. The second-order valence-electron chi connectivity index (χ2n) is 5.94. The summed E-state index contributed by atoms with van der Waals surface area (Å²) in [6.07, 6.45) is 6.81. The molecule has 1 saturated carbocycles. The van der Waals surface area contributed by atoms with E-state index < -0.39 is 0 Å². The second-order valence-corrected chi connectivity index (χ2v) is 5.94. The lowest BCUT2D eigenvalue weighted by molar-refractivity contribution is -0.124. The van der Waals surface area contributed by atoms with Gasteiger partial charge in [-0.1, -0.05) is 13.3 Å². The van der Waals surface area contributed by atoms with Crippen LogP contribution in [-0.4, -0.2) is 35.1 Å². The molecule has 0 N–H and O–H groups in total. The second kappa shape index (κ2) is 6.74. The predicted octanol–water partition coefficient (Wildman–Crippen LogP) is 2.75. The van der Waals surface area contributed by atoms with E-state index in [0.717, 1.165) is 25.1 Å². The van der Waals surface area contributed by atoms with Gasteiger partial charge in [0.25, 0.3) is 0 Å². The van der Waals surface area contributed by atoms with Gasteiger partial charge in [0, 0.05) is 57.5 Å². The zero-order chi connectivity index (χ0) is 15.4. The van der Waals surface area contributed by atoms with Gasteiger partial charge in [0.2, 0.25) is 0 Å². The first-order chi connectivity index (χ1) is 10.0. The minimum absolute atomic E-state index is 0.0242. The van der Waals surface area contributed by atoms with E-state index in [1.165, 1.54) is 0 Å². The lowest BCUT2D eigenvalue weighted by atomic mass is 9.82. The molecule has 0 aliphatic heterocycles. The van der Waals surface area contributed by atoms with Gasteiger partial charge < -0.3 is 9.47 Å². The highest BCUT2D eigenvalue weighted by atomic mass is 16.1. The van der Waals surface area contributed by atoms with Gasteiger partial charge in [0.1, 0.15) is 0 Å². The Morgan fingerprint density at radius 3 is 2.52 bits per heavy atom. The van der Waals surface area contributed by atoms with Crippen LogP contribution in [0.3, 0.4) is 0 Å². The van der Waals surface area contributed by atoms with Crippen molar-refractivity contribution in [3.8, 4) is 0 Å². The fourth-order valence-corrected chi connectivity index (χ4v) is 2.84. The van der Waals surface area contributed by atoms with Crippen LogP contribution in [0.15, 0.2) is 30.1 Å². The predicted molar refractivity (Wildman–Crippen MR) is 83.1 cm³/mol. The topological polar surface area (TPSA) is 42.3 Å². The van der Waals surface area contributed by atoms with Gasteiger partial charge in [0.05, 0.1) is 5.57 Å². The van der Waals surface area contributed by atoms with E-state index in [1.54, 1.807) is 11.1 Å². The van der Waals surface area contributed by atoms with Crippen LogP contribution in [0.1, 0.15) is 44.2 Å². The fourth-order valence-electron chi connectivity index (χ4n) is 2.84. The molecule has 0 atom stereocenters. The zero-order valence-corrected chi connectivity index (χ0v) is 13.1. The van der Waals surface area contributed by atoms with Gasteiger partial charge in [-0.25, -0.2) is 0 Å². The van der Waals surface area contributed by atoms with Gasteiger partial charge in [-0.15, -0.1) is 0 Å². The number of ketones is 2. The molecule has 0 amide bonds. The van der Waals surface area contributed by atoms with Crippen LogP contribution >= 0.6 is 0 Å². The number of hydrogen-bond donors (Lipinski definition) is 0. The van der Waals surface area contributed by atoms with Crippen LogP contribution in [-0.2, 0) is 16.1 Å². The Labute approximate surface area is 126 Å². The number of aryl methyl sites for hydroxylation is 1. The standard InChI is InChI=1S/C17H24N2O2/c1-4-5-8-19-9-6-7-15(19)13-10-16(20)14(12-18(2)3)17(21)11-13/h6-7,9,12-13H,4-5,8,10-11H2,1-3H3. The van der Waals surface area contributed by atoms with Crippen LogP contribution < -0.4 is 0 Å². The molecule has 1 aromatic heterocycles. The Kier molecular flexibility index (Phi) is 4.99. The maximum absolute atomic E-state index is 12.2. The summed E-state index contributed by atoms with van der Waals surface area (Å²) in [6.45, 7) is 3.12.